The molecule has 774 valence electrons. The lowest BCUT2D eigenvalue weighted by Crippen LogP contribution is -2.46. The average molecular weight is 2010 g/mol. The first-order valence-corrected chi connectivity index (χ1v) is 52.9. The summed E-state index contributed by atoms with van der Waals surface area (Å²) in [5, 5.41) is 62.6. The highest BCUT2D eigenvalue weighted by atomic mass is 32.2. The van der Waals surface area contributed by atoms with E-state index in [1.807, 2.05) is 200 Å². The Labute approximate surface area is 867 Å². The van der Waals surface area contributed by atoms with Gasteiger partial charge in [0.2, 0.25) is 0 Å². The monoisotopic (exact) mass is 2010 g/mol. The summed E-state index contributed by atoms with van der Waals surface area (Å²) in [6, 6.07) is 67.3. The van der Waals surface area contributed by atoms with Crippen molar-refractivity contribution in [3.05, 3.63) is 325 Å². The van der Waals surface area contributed by atoms with E-state index in [0.717, 1.165) is 132 Å². The molecule has 3 aliphatic heterocycles. The minimum absolute atomic E-state index is 0.130. The van der Waals surface area contributed by atoms with Crippen LogP contribution in [0, 0.1) is 27.7 Å². The van der Waals surface area contributed by atoms with Gasteiger partial charge >= 0.3 is 18.1 Å². The highest BCUT2D eigenvalue weighted by Crippen LogP contribution is 2.35. The number of carbonyl (C=O) groups is 9. The van der Waals surface area contributed by atoms with Gasteiger partial charge in [-0.3, -0.25) is 28.8 Å². The number of benzene rings is 9. The van der Waals surface area contributed by atoms with Crippen molar-refractivity contribution in [3.8, 4) is 17.1 Å². The number of thioether (sulfide) groups is 1. The van der Waals surface area contributed by atoms with E-state index in [0.29, 0.717) is 188 Å². The maximum Gasteiger partial charge on any atom is 0.323 e. The molecule has 0 radical (unpaired) electrons. The average Bonchev–Trinajstić information content (AvgIpc) is 1.75. The molecule has 0 unspecified atom stereocenters. The number of nitrogens with zero attached hydrogens (tertiary/aromatic N) is 12. The topological polar surface area (TPSA) is 359 Å². The van der Waals surface area contributed by atoms with Crippen LogP contribution in [0.1, 0.15) is 248 Å². The van der Waals surface area contributed by atoms with Crippen molar-refractivity contribution in [2.75, 3.05) is 93.2 Å². The second-order valence-electron chi connectivity index (χ2n) is 37.9. The number of aryl methyl sites for hydroxylation is 4. The molecule has 9 N–H and O–H groups in total. The van der Waals surface area contributed by atoms with Gasteiger partial charge in [0.05, 0.1) is 71.7 Å². The van der Waals surface area contributed by atoms with E-state index in [4.69, 9.17) is 15.3 Å². The number of urea groups is 3. The summed E-state index contributed by atoms with van der Waals surface area (Å²) < 4.78 is 4.89. The molecule has 3 aromatic heterocycles. The quantitative estimate of drug-likeness (QED) is 0.0161. The molecule has 9 aromatic carbocycles. The van der Waals surface area contributed by atoms with E-state index in [2.05, 4.69) is 73.4 Å². The maximum absolute atomic E-state index is 14.5. The van der Waals surface area contributed by atoms with Crippen LogP contribution in [0.25, 0.3) is 17.1 Å². The summed E-state index contributed by atoms with van der Waals surface area (Å²) in [4.78, 5) is 135. The van der Waals surface area contributed by atoms with Crippen molar-refractivity contribution < 1.29 is 58.5 Å². The van der Waals surface area contributed by atoms with E-state index in [1.165, 1.54) is 0 Å². The highest BCUT2D eigenvalue weighted by Gasteiger charge is 2.38. The predicted molar refractivity (Wildman–Crippen MR) is 580 cm³/mol. The number of carbonyl (C=O) groups excluding carboxylic acids is 9. The van der Waals surface area contributed by atoms with Gasteiger partial charge in [-0.1, -0.05) is 213 Å². The smallest absolute Gasteiger partial charge is 0.323 e. The molecular weight excluding hydrogens is 1870 g/mol. The predicted octanol–water partition coefficient (Wildman–Crippen LogP) is 19.7. The van der Waals surface area contributed by atoms with Gasteiger partial charge in [0.1, 0.15) is 0 Å². The van der Waals surface area contributed by atoms with Crippen LogP contribution < -0.4 is 31.9 Å². The fraction of sp³-hybridized carbons (Fsp3) is 0.379. The van der Waals surface area contributed by atoms with Gasteiger partial charge in [-0.05, 0) is 240 Å². The first-order chi connectivity index (χ1) is 71.3. The van der Waals surface area contributed by atoms with Crippen LogP contribution in [0.3, 0.4) is 0 Å². The third-order valence-electron chi connectivity index (χ3n) is 26.9. The van der Waals surface area contributed by atoms with E-state index in [9.17, 15) is 58.5 Å². The number of unbranched alkanes of at least 4 members (excludes halogenated alkanes) is 6. The molecule has 3 aliphatic rings. The Kier molecular flexibility index (Phi) is 40.3. The first-order valence-electron chi connectivity index (χ1n) is 51.7. The number of amides is 12. The molecular formula is C116H142N18O12S. The van der Waals surface area contributed by atoms with Crippen molar-refractivity contribution in [1.82, 2.24) is 69.4 Å². The number of nitrogens with one attached hydrogen (secondary N) is 6. The van der Waals surface area contributed by atoms with Crippen molar-refractivity contribution in [2.24, 2.45) is 0 Å². The normalized spacial score (nSPS) is 13.9. The maximum atomic E-state index is 14.5. The largest absolute Gasteiger partial charge is 0.394 e. The molecule has 15 rings (SSSR count). The Balaban J connectivity index is 0.000000184. The third kappa shape index (κ3) is 28.8. The summed E-state index contributed by atoms with van der Waals surface area (Å²) in [7, 11) is 0. The molecule has 6 heterocycles. The fourth-order valence-corrected chi connectivity index (χ4v) is 19.0. The van der Waals surface area contributed by atoms with Gasteiger partial charge < -0.3 is 76.6 Å². The van der Waals surface area contributed by atoms with Crippen molar-refractivity contribution in [1.29, 1.82) is 0 Å². The molecule has 0 spiro atoms. The molecule has 30 nitrogen and oxygen atoms in total. The number of fused-ring (bicyclic) bond motifs is 3. The highest BCUT2D eigenvalue weighted by molar-refractivity contribution is 7.98. The zero-order chi connectivity index (χ0) is 105. The Morgan fingerprint density at radius 3 is 0.993 bits per heavy atom. The molecule has 0 fully saturated rings. The van der Waals surface area contributed by atoms with Crippen LogP contribution in [-0.2, 0) is 51.9 Å². The van der Waals surface area contributed by atoms with Crippen molar-refractivity contribution in [2.45, 2.75) is 221 Å². The molecule has 31 heteroatoms. The summed E-state index contributed by atoms with van der Waals surface area (Å²) in [6.07, 6.45) is 15.6. The number of hydrogen-bond donors (Lipinski definition) is 9. The standard InChI is InChI=1S/2C39H48N6O4.C38H46N6O4S/c1-5-7-18-43(19-8-6-2)38(48)35-21-28(4)45(42-35)36-17-16-32(41-39(49)40-24-29-13-11-12-27(3)20-29)23-34(36)37(47)44-25-31-15-10-9-14-30(31)22-33(44)26-46;1-4-6-21-43(22-7-5-2)38(48)35-23-28(3)45(42-35)36-18-17-32(41-39(49)40-20-19-29-13-9-8-10-14-29)25-34(36)37(47)44-26-31-16-12-11-15-30(31)24-33(44)27-46;1-5-7-19-42(20-8-6-2)37(47)34-21-26(3)44(41-34)35-18-15-30(40-38(48)39-29-13-16-32(49-4)17-14-29)23-33(35)36(46)43-24-28-12-10-9-11-27(28)22-31(43)25-45/h9-17,20-21,23,33,46H,5-8,18-19,22,24-26H2,1-4H3,(H2,40,41,49);8-18,23,25,33,46H,4-7,19-22,24,26-27H2,1-3H3,(H2,40,41,49);9-18,21,23,31,45H,5-8,19-20,22,24-25H2,1-4H3,(H2,39,40,48)/t2*33-;31-/m000/s1. The summed E-state index contributed by atoms with van der Waals surface area (Å²) in [6.45, 7) is 25.4. The number of aliphatic hydroxyl groups is 3. The van der Waals surface area contributed by atoms with Crippen LogP contribution in [0.15, 0.2) is 229 Å². The second-order valence-corrected chi connectivity index (χ2v) is 38.8. The minimum Gasteiger partial charge on any atom is -0.394 e. The Hall–Kier alpha value is -14.5. The van der Waals surface area contributed by atoms with E-state index < -0.39 is 30.2 Å². The van der Waals surface area contributed by atoms with Crippen LogP contribution in [0.2, 0.25) is 0 Å². The molecule has 0 bridgehead atoms. The van der Waals surface area contributed by atoms with Crippen molar-refractivity contribution >= 4 is 88.0 Å². The summed E-state index contributed by atoms with van der Waals surface area (Å²) >= 11 is 1.62. The third-order valence-corrected chi connectivity index (χ3v) is 27.7. The zero-order valence-corrected chi connectivity index (χ0v) is 87.4. The van der Waals surface area contributed by atoms with E-state index in [1.54, 1.807) is 113 Å². The lowest BCUT2D eigenvalue weighted by Gasteiger charge is -2.36. The fourth-order valence-electron chi connectivity index (χ4n) is 18.6. The Morgan fingerprint density at radius 2 is 0.660 bits per heavy atom. The number of rotatable bonds is 40. The SMILES string of the molecule is CCCCN(CCCC)C(=O)c1cc(C)n(-c2ccc(NC(=O)NCCc3ccccc3)cc2C(=O)N2Cc3ccccc3C[C@H]2CO)n1.CCCCN(CCCC)C(=O)c1cc(C)n(-c2ccc(NC(=O)NCc3cccc(C)c3)cc2C(=O)N2Cc3ccccc3C[C@H]2CO)n1.CCCCN(CCCC)C(=O)c1cc(C)n(-c2ccc(NC(=O)Nc3ccc(SC)cc3)cc2C(=O)N2Cc3ccccc3C[C@H]2CO)n1. The second kappa shape index (κ2) is 54.1. The Morgan fingerprint density at radius 1 is 0.347 bits per heavy atom. The molecule has 12 aromatic rings. The van der Waals surface area contributed by atoms with Crippen LogP contribution in [0.4, 0.5) is 37.1 Å². The molecule has 0 saturated heterocycles. The number of aromatic nitrogens is 6. The van der Waals surface area contributed by atoms with Gasteiger partial charge in [0.15, 0.2) is 17.1 Å². The number of anilines is 4. The number of hydrogen-bond acceptors (Lipinski definition) is 16. The number of aliphatic hydroxyl groups excluding tert-OH is 3. The summed E-state index contributed by atoms with van der Waals surface area (Å²) in [5.74, 6) is -1.31. The Bertz CT molecular complexity index is 6490. The van der Waals surface area contributed by atoms with E-state index >= 15 is 0 Å². The molecule has 0 saturated carbocycles. The molecule has 147 heavy (non-hydrogen) atoms. The van der Waals surface area contributed by atoms with E-state index in [-0.39, 0.29) is 61.3 Å². The van der Waals surface area contributed by atoms with Crippen LogP contribution in [-0.4, -0.2) is 218 Å². The minimum atomic E-state index is -0.453. The molecule has 12 amide bonds. The van der Waals surface area contributed by atoms with Crippen molar-refractivity contribution in [3.63, 3.8) is 0 Å². The zero-order valence-electron chi connectivity index (χ0n) is 86.6. The van der Waals surface area contributed by atoms with Gasteiger partial charge in [0, 0.05) is 117 Å². The lowest BCUT2D eigenvalue weighted by molar-refractivity contribution is 0.0539. The van der Waals surface area contributed by atoms with Gasteiger partial charge in [0.25, 0.3) is 35.4 Å². The van der Waals surface area contributed by atoms with Gasteiger partial charge in [-0.2, -0.15) is 15.3 Å². The first kappa shape index (κ1) is 110. The van der Waals surface area contributed by atoms with Gasteiger partial charge in [-0.25, -0.2) is 28.4 Å². The lowest BCUT2D eigenvalue weighted by atomic mass is 9.93. The van der Waals surface area contributed by atoms with Gasteiger partial charge in [-0.15, -0.1) is 11.8 Å². The molecule has 0 aliphatic carbocycles. The molecule has 3 atom stereocenters. The van der Waals surface area contributed by atoms with Crippen LogP contribution in [0.5, 0.6) is 0 Å². The van der Waals surface area contributed by atoms with Crippen LogP contribution >= 0.6 is 11.8 Å². The summed E-state index contributed by atoms with van der Waals surface area (Å²) in [5.41, 5.74) is 16.9.